The number of benzene rings is 2. The van der Waals surface area contributed by atoms with E-state index >= 15 is 0 Å². The number of guanidine groups is 1. The van der Waals surface area contributed by atoms with Crippen molar-refractivity contribution < 1.29 is 9.53 Å². The number of methoxy groups -OCH3 is 1. The van der Waals surface area contributed by atoms with Gasteiger partial charge in [-0.05, 0) is 42.5 Å². The van der Waals surface area contributed by atoms with E-state index in [0.717, 1.165) is 24.2 Å². The molecule has 0 fully saturated rings. The summed E-state index contributed by atoms with van der Waals surface area (Å²) in [5, 5.41) is 9.18. The maximum absolute atomic E-state index is 12.0. The Morgan fingerprint density at radius 3 is 2.39 bits per heavy atom. The van der Waals surface area contributed by atoms with Gasteiger partial charge in [0.25, 0.3) is 0 Å². The zero-order chi connectivity index (χ0) is 20.2. The second-order valence-corrected chi connectivity index (χ2v) is 6.49. The lowest BCUT2D eigenvalue weighted by Crippen LogP contribution is -2.44. The summed E-state index contributed by atoms with van der Waals surface area (Å²) < 4.78 is 5.36. The zero-order valence-electron chi connectivity index (χ0n) is 16.9. The Balaban J connectivity index is 1.66. The molecule has 0 heterocycles. The van der Waals surface area contributed by atoms with Crippen molar-refractivity contribution in [1.82, 2.24) is 16.0 Å². The first-order chi connectivity index (χ1) is 13.6. The molecule has 0 saturated heterocycles. The lowest BCUT2D eigenvalue weighted by molar-refractivity contribution is -0.119. The van der Waals surface area contributed by atoms with Crippen molar-refractivity contribution in [3.8, 4) is 5.75 Å². The number of nitrogens with one attached hydrogen (secondary N) is 3. The quantitative estimate of drug-likeness (QED) is 0.458. The molecule has 3 N–H and O–H groups in total. The fraction of sp³-hybridized carbons (Fsp3) is 0.364. The van der Waals surface area contributed by atoms with Crippen molar-refractivity contribution in [2.45, 2.75) is 19.8 Å². The molecular weight excluding hydrogens is 352 g/mol. The van der Waals surface area contributed by atoms with Crippen molar-refractivity contribution in [1.29, 1.82) is 0 Å². The Kier molecular flexibility index (Phi) is 8.85. The summed E-state index contributed by atoms with van der Waals surface area (Å²) in [4.78, 5) is 16.1. The fourth-order valence-electron chi connectivity index (χ4n) is 2.78. The molecule has 0 saturated carbocycles. The first-order valence-electron chi connectivity index (χ1n) is 9.51. The fourth-order valence-corrected chi connectivity index (χ4v) is 2.78. The van der Waals surface area contributed by atoms with Gasteiger partial charge in [-0.3, -0.25) is 9.79 Å². The SMILES string of the molecule is CN=C(NCCc1ccc(C)c(OC)c1)NCC(=O)NCCc1ccccc1. The van der Waals surface area contributed by atoms with Gasteiger partial charge in [-0.1, -0.05) is 42.5 Å². The second kappa shape index (κ2) is 11.6. The topological polar surface area (TPSA) is 74.8 Å². The number of amides is 1. The van der Waals surface area contributed by atoms with Gasteiger partial charge in [0.2, 0.25) is 5.91 Å². The lowest BCUT2D eigenvalue weighted by Gasteiger charge is -2.13. The summed E-state index contributed by atoms with van der Waals surface area (Å²) in [5.74, 6) is 1.45. The first-order valence-corrected chi connectivity index (χ1v) is 9.51. The third kappa shape index (κ3) is 7.31. The average molecular weight is 383 g/mol. The van der Waals surface area contributed by atoms with Crippen LogP contribution in [0.15, 0.2) is 53.5 Å². The van der Waals surface area contributed by atoms with Gasteiger partial charge in [-0.2, -0.15) is 0 Å². The van der Waals surface area contributed by atoms with Gasteiger partial charge in [-0.15, -0.1) is 0 Å². The van der Waals surface area contributed by atoms with Gasteiger partial charge in [0, 0.05) is 20.1 Å². The van der Waals surface area contributed by atoms with Crippen LogP contribution >= 0.6 is 0 Å². The normalized spacial score (nSPS) is 11.0. The van der Waals surface area contributed by atoms with E-state index in [1.807, 2.05) is 31.2 Å². The van der Waals surface area contributed by atoms with Crippen LogP contribution in [-0.4, -0.2) is 45.7 Å². The molecule has 0 unspecified atom stereocenters. The molecule has 0 atom stereocenters. The highest BCUT2D eigenvalue weighted by Gasteiger charge is 2.04. The van der Waals surface area contributed by atoms with E-state index < -0.39 is 0 Å². The molecule has 0 radical (unpaired) electrons. The van der Waals surface area contributed by atoms with E-state index in [4.69, 9.17) is 4.74 Å². The molecule has 0 aliphatic heterocycles. The number of hydrogen-bond acceptors (Lipinski definition) is 3. The molecule has 2 rings (SSSR count). The first kappa shape index (κ1) is 21.3. The Morgan fingerprint density at radius 1 is 0.964 bits per heavy atom. The van der Waals surface area contributed by atoms with Gasteiger partial charge in [0.1, 0.15) is 5.75 Å². The minimum Gasteiger partial charge on any atom is -0.496 e. The van der Waals surface area contributed by atoms with Crippen LogP contribution in [0, 0.1) is 6.92 Å². The molecule has 0 spiro atoms. The van der Waals surface area contributed by atoms with Crippen LogP contribution in [0.2, 0.25) is 0 Å². The van der Waals surface area contributed by atoms with Crippen molar-refractivity contribution in [2.75, 3.05) is 33.8 Å². The van der Waals surface area contributed by atoms with Crippen molar-refractivity contribution in [3.63, 3.8) is 0 Å². The number of carbonyl (C=O) groups excluding carboxylic acids is 1. The smallest absolute Gasteiger partial charge is 0.239 e. The van der Waals surface area contributed by atoms with Crippen LogP contribution in [0.3, 0.4) is 0 Å². The molecule has 150 valence electrons. The Morgan fingerprint density at radius 2 is 1.68 bits per heavy atom. The number of nitrogens with zero attached hydrogens (tertiary/aromatic N) is 1. The van der Waals surface area contributed by atoms with Gasteiger partial charge in [0.15, 0.2) is 5.96 Å². The van der Waals surface area contributed by atoms with Crippen molar-refractivity contribution in [3.05, 3.63) is 65.2 Å². The molecular formula is C22H30N4O2. The van der Waals surface area contributed by atoms with Gasteiger partial charge >= 0.3 is 0 Å². The van der Waals surface area contributed by atoms with Crippen molar-refractivity contribution >= 4 is 11.9 Å². The zero-order valence-corrected chi connectivity index (χ0v) is 16.9. The third-order valence-corrected chi connectivity index (χ3v) is 4.40. The third-order valence-electron chi connectivity index (χ3n) is 4.40. The molecule has 0 bridgehead atoms. The number of aryl methyl sites for hydroxylation is 1. The molecule has 28 heavy (non-hydrogen) atoms. The highest BCUT2D eigenvalue weighted by molar-refractivity contribution is 5.86. The van der Waals surface area contributed by atoms with Crippen LogP contribution in [0.1, 0.15) is 16.7 Å². The number of aliphatic imine (C=N–C) groups is 1. The molecule has 0 aliphatic rings. The number of rotatable bonds is 9. The summed E-state index contributed by atoms with van der Waals surface area (Å²) in [7, 11) is 3.37. The largest absolute Gasteiger partial charge is 0.496 e. The van der Waals surface area contributed by atoms with Gasteiger partial charge in [0.05, 0.1) is 13.7 Å². The lowest BCUT2D eigenvalue weighted by atomic mass is 10.1. The van der Waals surface area contributed by atoms with E-state index in [1.165, 1.54) is 11.1 Å². The standard InChI is InChI=1S/C22H30N4O2/c1-17-9-10-19(15-20(17)28-3)12-14-25-22(23-2)26-16-21(27)24-13-11-18-7-5-4-6-8-18/h4-10,15H,11-14,16H2,1-3H3,(H,24,27)(H2,23,25,26). The molecule has 1 amide bonds. The monoisotopic (exact) mass is 382 g/mol. The number of ether oxygens (including phenoxy) is 1. The Bertz CT molecular complexity index is 775. The van der Waals surface area contributed by atoms with Crippen LogP contribution in [0.5, 0.6) is 5.75 Å². The van der Waals surface area contributed by atoms with E-state index in [1.54, 1.807) is 14.2 Å². The molecule has 6 nitrogen and oxygen atoms in total. The highest BCUT2D eigenvalue weighted by atomic mass is 16.5. The number of hydrogen-bond donors (Lipinski definition) is 3. The Labute approximate surface area is 167 Å². The summed E-state index contributed by atoms with van der Waals surface area (Å²) in [5.41, 5.74) is 3.51. The highest BCUT2D eigenvalue weighted by Crippen LogP contribution is 2.18. The molecule has 0 aliphatic carbocycles. The summed E-state index contributed by atoms with van der Waals surface area (Å²) >= 11 is 0. The maximum Gasteiger partial charge on any atom is 0.239 e. The van der Waals surface area contributed by atoms with E-state index in [9.17, 15) is 4.79 Å². The Hall–Kier alpha value is -3.02. The number of carbonyl (C=O) groups is 1. The average Bonchev–Trinajstić information content (AvgIpc) is 2.72. The van der Waals surface area contributed by atoms with Gasteiger partial charge < -0.3 is 20.7 Å². The van der Waals surface area contributed by atoms with Crippen molar-refractivity contribution in [2.24, 2.45) is 4.99 Å². The second-order valence-electron chi connectivity index (χ2n) is 6.49. The van der Waals surface area contributed by atoms with Crippen LogP contribution in [-0.2, 0) is 17.6 Å². The molecule has 2 aromatic rings. The minimum absolute atomic E-state index is 0.0536. The summed E-state index contributed by atoms with van der Waals surface area (Å²) in [6, 6.07) is 16.3. The van der Waals surface area contributed by atoms with Crippen LogP contribution < -0.4 is 20.7 Å². The predicted octanol–water partition coefficient (Wildman–Crippen LogP) is 2.07. The van der Waals surface area contributed by atoms with E-state index in [0.29, 0.717) is 19.0 Å². The summed E-state index contributed by atoms with van der Waals surface area (Å²) in [6.07, 6.45) is 1.65. The molecule has 2 aromatic carbocycles. The maximum atomic E-state index is 12.0. The minimum atomic E-state index is -0.0536. The van der Waals surface area contributed by atoms with Crippen LogP contribution in [0.4, 0.5) is 0 Å². The van der Waals surface area contributed by atoms with Crippen LogP contribution in [0.25, 0.3) is 0 Å². The van der Waals surface area contributed by atoms with E-state index in [-0.39, 0.29) is 12.5 Å². The summed E-state index contributed by atoms with van der Waals surface area (Å²) in [6.45, 7) is 3.54. The molecule has 6 heteroatoms. The van der Waals surface area contributed by atoms with E-state index in [2.05, 4.69) is 45.2 Å². The van der Waals surface area contributed by atoms with Gasteiger partial charge in [-0.25, -0.2) is 0 Å². The predicted molar refractivity (Wildman–Crippen MR) is 114 cm³/mol. The molecule has 0 aromatic heterocycles.